The quantitative estimate of drug-likeness (QED) is 0.555. The minimum Gasteiger partial charge on any atom is -0.394 e. The van der Waals surface area contributed by atoms with Crippen LogP contribution in [0.3, 0.4) is 0 Å². The van der Waals surface area contributed by atoms with E-state index < -0.39 is 0 Å². The Labute approximate surface area is 150 Å². The van der Waals surface area contributed by atoms with Crippen LogP contribution in [0.2, 0.25) is 0 Å². The molecule has 25 heavy (non-hydrogen) atoms. The van der Waals surface area contributed by atoms with Crippen molar-refractivity contribution < 1.29 is 5.11 Å². The van der Waals surface area contributed by atoms with Crippen LogP contribution < -0.4 is 0 Å². The molecule has 0 radical (unpaired) electrons. The predicted molar refractivity (Wildman–Crippen MR) is 101 cm³/mol. The van der Waals surface area contributed by atoms with E-state index in [-0.39, 0.29) is 6.61 Å². The lowest BCUT2D eigenvalue weighted by Gasteiger charge is -2.07. The van der Waals surface area contributed by atoms with Gasteiger partial charge in [-0.2, -0.15) is 5.10 Å². The van der Waals surface area contributed by atoms with E-state index in [1.807, 2.05) is 42.9 Å². The maximum Gasteiger partial charge on any atom is 0.0708 e. The van der Waals surface area contributed by atoms with E-state index in [9.17, 15) is 0 Å². The molecule has 0 aliphatic carbocycles. The largest absolute Gasteiger partial charge is 0.394 e. The minimum atomic E-state index is 0.0649. The van der Waals surface area contributed by atoms with Gasteiger partial charge in [-0.1, -0.05) is 6.07 Å². The molecule has 3 heterocycles. The molecule has 5 nitrogen and oxygen atoms in total. The van der Waals surface area contributed by atoms with Crippen molar-refractivity contribution in [1.82, 2.24) is 19.7 Å². The monoisotopic (exact) mass is 348 g/mol. The van der Waals surface area contributed by atoms with Crippen molar-refractivity contribution in [3.8, 4) is 22.3 Å². The Morgan fingerprint density at radius 1 is 1.00 bits per heavy atom. The second kappa shape index (κ2) is 6.66. The number of benzene rings is 1. The Morgan fingerprint density at radius 3 is 2.76 bits per heavy atom. The number of aliphatic hydroxyl groups is 1. The maximum atomic E-state index is 9.07. The molecule has 4 rings (SSSR count). The molecule has 1 aromatic carbocycles. The van der Waals surface area contributed by atoms with Crippen molar-refractivity contribution in [2.45, 2.75) is 11.4 Å². The molecule has 6 heteroatoms. The third kappa shape index (κ3) is 3.14. The number of aliphatic hydroxyl groups excluding tert-OH is 1. The number of rotatable bonds is 4. The molecule has 3 aromatic heterocycles. The number of nitrogens with zero attached hydrogens (tertiary/aromatic N) is 4. The Bertz CT molecular complexity index is 1040. The first kappa shape index (κ1) is 15.8. The van der Waals surface area contributed by atoms with E-state index in [0.717, 1.165) is 38.1 Å². The third-order valence-corrected chi connectivity index (χ3v) is 4.32. The normalized spacial score (nSPS) is 11.1. The van der Waals surface area contributed by atoms with E-state index in [0.29, 0.717) is 6.54 Å². The van der Waals surface area contributed by atoms with Crippen molar-refractivity contribution in [2.75, 3.05) is 6.61 Å². The molecule has 1 N–H and O–H groups in total. The fourth-order valence-corrected chi connectivity index (χ4v) is 3.10. The van der Waals surface area contributed by atoms with Crippen LogP contribution in [-0.4, -0.2) is 31.5 Å². The van der Waals surface area contributed by atoms with Crippen LogP contribution in [0.5, 0.6) is 0 Å². The van der Waals surface area contributed by atoms with E-state index in [1.165, 1.54) is 0 Å². The van der Waals surface area contributed by atoms with Crippen molar-refractivity contribution >= 4 is 23.5 Å². The summed E-state index contributed by atoms with van der Waals surface area (Å²) in [6.45, 7) is 0.546. The Hall–Kier alpha value is -2.70. The summed E-state index contributed by atoms with van der Waals surface area (Å²) >= 11 is 4.37. The van der Waals surface area contributed by atoms with Gasteiger partial charge < -0.3 is 5.11 Å². The van der Waals surface area contributed by atoms with E-state index in [4.69, 9.17) is 5.11 Å². The SMILES string of the molecule is OCCn1cc(-c2ccnc3ccc(-c4cncc(S)c4)cc23)cn1. The highest BCUT2D eigenvalue weighted by atomic mass is 32.1. The number of pyridine rings is 2. The predicted octanol–water partition coefficient (Wildman–Crippen LogP) is 3.44. The zero-order valence-electron chi connectivity index (χ0n) is 13.4. The first-order valence-electron chi connectivity index (χ1n) is 7.91. The van der Waals surface area contributed by atoms with Gasteiger partial charge in [0.05, 0.1) is 24.9 Å². The smallest absolute Gasteiger partial charge is 0.0708 e. The number of thiol groups is 1. The van der Waals surface area contributed by atoms with Crippen LogP contribution in [0.15, 0.2) is 66.2 Å². The average Bonchev–Trinajstić information content (AvgIpc) is 3.09. The first-order chi connectivity index (χ1) is 12.2. The number of fused-ring (bicyclic) bond motifs is 1. The zero-order chi connectivity index (χ0) is 17.2. The molecule has 0 aliphatic heterocycles. The van der Waals surface area contributed by atoms with E-state index in [1.54, 1.807) is 17.1 Å². The molecule has 0 saturated heterocycles. The fourth-order valence-electron chi connectivity index (χ4n) is 2.89. The van der Waals surface area contributed by atoms with Gasteiger partial charge in [-0.25, -0.2) is 0 Å². The summed E-state index contributed by atoms with van der Waals surface area (Å²) in [4.78, 5) is 9.51. The minimum absolute atomic E-state index is 0.0649. The lowest BCUT2D eigenvalue weighted by atomic mass is 9.99. The first-order valence-corrected chi connectivity index (χ1v) is 8.36. The van der Waals surface area contributed by atoms with Crippen LogP contribution in [-0.2, 0) is 6.54 Å². The number of hydrogen-bond acceptors (Lipinski definition) is 5. The third-order valence-electron chi connectivity index (χ3n) is 4.07. The number of hydrogen-bond donors (Lipinski definition) is 2. The van der Waals surface area contributed by atoms with Crippen LogP contribution in [0.1, 0.15) is 0 Å². The summed E-state index contributed by atoms with van der Waals surface area (Å²) in [6, 6.07) is 10.1. The number of aromatic nitrogens is 4. The molecular formula is C19H16N4OS. The summed E-state index contributed by atoms with van der Waals surface area (Å²) < 4.78 is 1.74. The Balaban J connectivity index is 1.85. The van der Waals surface area contributed by atoms with Gasteiger partial charge in [0.2, 0.25) is 0 Å². The molecule has 0 unspecified atom stereocenters. The van der Waals surface area contributed by atoms with Gasteiger partial charge in [-0.3, -0.25) is 14.6 Å². The Kier molecular flexibility index (Phi) is 4.21. The summed E-state index contributed by atoms with van der Waals surface area (Å²) in [6.07, 6.45) is 9.10. The standard InChI is InChI=1S/C19H16N4OS/c24-6-5-23-12-15(10-22-23)17-3-4-21-19-2-1-13(8-18(17)19)14-7-16(25)11-20-9-14/h1-4,7-12,24-25H,5-6H2. The highest BCUT2D eigenvalue weighted by Gasteiger charge is 2.09. The van der Waals surface area contributed by atoms with Crippen LogP contribution in [0, 0.1) is 0 Å². The molecule has 0 saturated carbocycles. The topological polar surface area (TPSA) is 63.8 Å². The maximum absolute atomic E-state index is 9.07. The molecule has 0 fully saturated rings. The molecule has 0 aliphatic rings. The summed E-state index contributed by atoms with van der Waals surface area (Å²) in [5.41, 5.74) is 5.06. The van der Waals surface area contributed by atoms with Crippen molar-refractivity contribution in [3.63, 3.8) is 0 Å². The molecule has 124 valence electrons. The van der Waals surface area contributed by atoms with Gasteiger partial charge in [0, 0.05) is 46.2 Å². The van der Waals surface area contributed by atoms with Gasteiger partial charge >= 0.3 is 0 Å². The molecular weight excluding hydrogens is 332 g/mol. The highest BCUT2D eigenvalue weighted by Crippen LogP contribution is 2.31. The second-order valence-corrected chi connectivity index (χ2v) is 6.25. The van der Waals surface area contributed by atoms with E-state index in [2.05, 4.69) is 33.8 Å². The van der Waals surface area contributed by atoms with Gasteiger partial charge in [0.1, 0.15) is 0 Å². The summed E-state index contributed by atoms with van der Waals surface area (Å²) in [5.74, 6) is 0. The highest BCUT2D eigenvalue weighted by molar-refractivity contribution is 7.80. The molecule has 4 aromatic rings. The van der Waals surface area contributed by atoms with E-state index >= 15 is 0 Å². The second-order valence-electron chi connectivity index (χ2n) is 5.74. The molecule has 0 amide bonds. The summed E-state index contributed by atoms with van der Waals surface area (Å²) in [7, 11) is 0. The van der Waals surface area contributed by atoms with Crippen molar-refractivity contribution in [3.05, 3.63) is 61.3 Å². The molecule has 0 spiro atoms. The lowest BCUT2D eigenvalue weighted by molar-refractivity contribution is 0.269. The van der Waals surface area contributed by atoms with Crippen LogP contribution in [0.25, 0.3) is 33.2 Å². The van der Waals surface area contributed by atoms with Gasteiger partial charge in [-0.15, -0.1) is 12.6 Å². The van der Waals surface area contributed by atoms with Gasteiger partial charge in [0.25, 0.3) is 0 Å². The summed E-state index contributed by atoms with van der Waals surface area (Å²) in [5, 5.41) is 14.4. The molecule has 0 atom stereocenters. The average molecular weight is 348 g/mol. The fraction of sp³-hybridized carbons (Fsp3) is 0.105. The van der Waals surface area contributed by atoms with Crippen molar-refractivity contribution in [1.29, 1.82) is 0 Å². The van der Waals surface area contributed by atoms with Crippen LogP contribution in [0.4, 0.5) is 0 Å². The van der Waals surface area contributed by atoms with Gasteiger partial charge in [0.15, 0.2) is 0 Å². The Morgan fingerprint density at radius 2 is 1.92 bits per heavy atom. The zero-order valence-corrected chi connectivity index (χ0v) is 14.3. The molecule has 0 bridgehead atoms. The van der Waals surface area contributed by atoms with Crippen LogP contribution >= 0.6 is 12.6 Å². The van der Waals surface area contributed by atoms with Crippen molar-refractivity contribution in [2.24, 2.45) is 0 Å². The van der Waals surface area contributed by atoms with Gasteiger partial charge in [-0.05, 0) is 35.4 Å². The lowest BCUT2D eigenvalue weighted by Crippen LogP contribution is -2.01.